The maximum absolute atomic E-state index is 13.6. The number of aliphatic hydroxyl groups excluding tert-OH is 4. The predicted molar refractivity (Wildman–Crippen MR) is 125 cm³/mol. The predicted octanol–water partition coefficient (Wildman–Crippen LogP) is 2.22. The van der Waals surface area contributed by atoms with E-state index in [4.69, 9.17) is 0 Å². The molecule has 32 heavy (non-hydrogen) atoms. The molecule has 172 valence electrons. The molecule has 0 radical (unpaired) electrons. The van der Waals surface area contributed by atoms with Crippen LogP contribution in [0.2, 0.25) is 0 Å². The zero-order valence-electron chi connectivity index (χ0n) is 17.0. The summed E-state index contributed by atoms with van der Waals surface area (Å²) >= 11 is 3.52. The van der Waals surface area contributed by atoms with E-state index in [1.54, 1.807) is 18.3 Å². The normalized spacial score (nSPS) is 27.9. The molecule has 0 saturated carbocycles. The molecule has 1 aliphatic heterocycles. The SMILES string of the molecule is OCC(c1ccccc1Br)[SH]1C[C@H](O)[C@H](n2cc(-c3cccc(F)c3)nn2)[C@@H](O)[C@H]1CO. The van der Waals surface area contributed by atoms with Crippen LogP contribution in [0.15, 0.2) is 59.2 Å². The van der Waals surface area contributed by atoms with Gasteiger partial charge in [-0.05, 0) is 23.8 Å². The van der Waals surface area contributed by atoms with Gasteiger partial charge in [-0.1, -0.05) is 51.5 Å². The summed E-state index contributed by atoms with van der Waals surface area (Å²) in [7, 11) is -1.17. The third-order valence-corrected chi connectivity index (χ3v) is 10.0. The number of aromatic nitrogens is 3. The van der Waals surface area contributed by atoms with Gasteiger partial charge in [0.2, 0.25) is 0 Å². The number of nitrogens with zero attached hydrogens (tertiary/aromatic N) is 3. The van der Waals surface area contributed by atoms with Crippen molar-refractivity contribution in [1.29, 1.82) is 0 Å². The summed E-state index contributed by atoms with van der Waals surface area (Å²) in [4.78, 5) is 0. The van der Waals surface area contributed by atoms with Gasteiger partial charge in [0, 0.05) is 26.3 Å². The second kappa shape index (κ2) is 9.98. The van der Waals surface area contributed by atoms with Crippen molar-refractivity contribution in [2.24, 2.45) is 0 Å². The van der Waals surface area contributed by atoms with Gasteiger partial charge in [-0.25, -0.2) is 20.0 Å². The van der Waals surface area contributed by atoms with Crippen molar-refractivity contribution < 1.29 is 24.8 Å². The number of benzene rings is 2. The number of rotatable bonds is 6. The largest absolute Gasteiger partial charge is 0.395 e. The minimum Gasteiger partial charge on any atom is -0.395 e. The molecule has 10 heteroatoms. The summed E-state index contributed by atoms with van der Waals surface area (Å²) in [6.07, 6.45) is -0.503. The summed E-state index contributed by atoms with van der Waals surface area (Å²) in [5.41, 5.74) is 1.83. The standard InChI is InChI=1S/C22H25BrFN3O4S/c23-16-7-2-1-6-15(16)19(10-28)32-12-18(30)21(22(31)20(32)11-29)27-9-17(25-26-27)13-4-3-5-14(24)8-13/h1-9,18-22,28-32H,10-12H2/t18-,19?,20+,21-,22-/m0/s1. The average molecular weight is 526 g/mol. The maximum Gasteiger partial charge on any atom is 0.123 e. The van der Waals surface area contributed by atoms with E-state index in [0.29, 0.717) is 17.0 Å². The third kappa shape index (κ3) is 4.48. The Bertz CT molecular complexity index is 1070. The Morgan fingerprint density at radius 3 is 2.62 bits per heavy atom. The van der Waals surface area contributed by atoms with Crippen LogP contribution in [0.5, 0.6) is 0 Å². The van der Waals surface area contributed by atoms with Crippen molar-refractivity contribution in [3.8, 4) is 11.3 Å². The van der Waals surface area contributed by atoms with E-state index in [9.17, 15) is 24.8 Å². The van der Waals surface area contributed by atoms with Crippen LogP contribution in [0, 0.1) is 5.82 Å². The van der Waals surface area contributed by atoms with E-state index in [0.717, 1.165) is 10.0 Å². The van der Waals surface area contributed by atoms with Crippen LogP contribution < -0.4 is 0 Å². The molecule has 0 bridgehead atoms. The van der Waals surface area contributed by atoms with Crippen molar-refractivity contribution in [2.75, 3.05) is 19.0 Å². The Morgan fingerprint density at radius 1 is 1.16 bits per heavy atom. The Morgan fingerprint density at radius 2 is 1.94 bits per heavy atom. The first kappa shape index (κ1) is 23.3. The Labute approximate surface area is 196 Å². The third-order valence-electron chi connectivity index (χ3n) is 5.92. The first-order valence-corrected chi connectivity index (χ1v) is 12.7. The lowest BCUT2D eigenvalue weighted by atomic mass is 10.0. The number of aliphatic hydroxyl groups is 4. The van der Waals surface area contributed by atoms with Gasteiger partial charge in [-0.2, -0.15) is 0 Å². The molecule has 1 fully saturated rings. The smallest absolute Gasteiger partial charge is 0.123 e. The van der Waals surface area contributed by atoms with Crippen molar-refractivity contribution in [3.63, 3.8) is 0 Å². The highest BCUT2D eigenvalue weighted by molar-refractivity contribution is 9.10. The fraction of sp³-hybridized carbons (Fsp3) is 0.364. The second-order valence-electron chi connectivity index (χ2n) is 7.81. The molecule has 2 unspecified atom stereocenters. The lowest BCUT2D eigenvalue weighted by Gasteiger charge is -2.47. The van der Waals surface area contributed by atoms with Gasteiger partial charge in [0.05, 0.1) is 31.6 Å². The number of hydrogen-bond donors (Lipinski definition) is 5. The highest BCUT2D eigenvalue weighted by Gasteiger charge is 2.46. The monoisotopic (exact) mass is 525 g/mol. The lowest BCUT2D eigenvalue weighted by molar-refractivity contribution is 0.00718. The Hall–Kier alpha value is -1.82. The van der Waals surface area contributed by atoms with Crippen LogP contribution in [-0.2, 0) is 0 Å². The molecule has 7 nitrogen and oxygen atoms in total. The van der Waals surface area contributed by atoms with E-state index in [1.165, 1.54) is 16.8 Å². The van der Waals surface area contributed by atoms with E-state index in [1.807, 2.05) is 24.3 Å². The van der Waals surface area contributed by atoms with Crippen LogP contribution in [0.4, 0.5) is 4.39 Å². The summed E-state index contributed by atoms with van der Waals surface area (Å²) in [6.45, 7) is -0.454. The molecule has 4 rings (SSSR count). The fourth-order valence-corrected chi connectivity index (χ4v) is 8.29. The zero-order chi connectivity index (χ0) is 22.8. The van der Waals surface area contributed by atoms with Crippen LogP contribution in [0.25, 0.3) is 11.3 Å². The minimum absolute atomic E-state index is 0.165. The average Bonchev–Trinajstić information content (AvgIpc) is 3.25. The molecule has 1 saturated heterocycles. The first-order chi connectivity index (χ1) is 15.4. The lowest BCUT2D eigenvalue weighted by Crippen LogP contribution is -2.50. The van der Waals surface area contributed by atoms with E-state index in [2.05, 4.69) is 26.2 Å². The number of hydrogen-bond acceptors (Lipinski definition) is 6. The number of thiol groups is 1. The van der Waals surface area contributed by atoms with Gasteiger partial charge < -0.3 is 20.4 Å². The van der Waals surface area contributed by atoms with Crippen molar-refractivity contribution >= 4 is 26.8 Å². The van der Waals surface area contributed by atoms with Gasteiger partial charge in [-0.3, -0.25) is 0 Å². The quantitative estimate of drug-likeness (QED) is 0.315. The van der Waals surface area contributed by atoms with E-state index < -0.39 is 40.2 Å². The molecule has 0 amide bonds. The van der Waals surface area contributed by atoms with Gasteiger partial charge in [0.25, 0.3) is 0 Å². The Balaban J connectivity index is 1.62. The van der Waals surface area contributed by atoms with Crippen LogP contribution in [-0.4, -0.2) is 71.8 Å². The van der Waals surface area contributed by atoms with Gasteiger partial charge in [0.15, 0.2) is 0 Å². The minimum atomic E-state index is -1.17. The topological polar surface area (TPSA) is 112 Å². The molecule has 3 aromatic rings. The molecule has 6 atom stereocenters. The molecule has 2 aromatic carbocycles. The summed E-state index contributed by atoms with van der Waals surface area (Å²) in [6, 6.07) is 12.6. The zero-order valence-corrected chi connectivity index (χ0v) is 19.5. The van der Waals surface area contributed by atoms with Crippen molar-refractivity contribution in [1.82, 2.24) is 15.0 Å². The molecular weight excluding hydrogens is 501 g/mol. The van der Waals surface area contributed by atoms with Gasteiger partial charge in [0.1, 0.15) is 17.6 Å². The molecule has 1 aliphatic rings. The molecule has 2 heterocycles. The summed E-state index contributed by atoms with van der Waals surface area (Å²) in [5, 5.41) is 49.8. The van der Waals surface area contributed by atoms with Crippen molar-refractivity contribution in [2.45, 2.75) is 28.7 Å². The molecule has 0 spiro atoms. The number of halogens is 2. The molecular formula is C22H25BrFN3O4S. The maximum atomic E-state index is 13.6. The van der Waals surface area contributed by atoms with Crippen LogP contribution >= 0.6 is 26.8 Å². The second-order valence-corrected chi connectivity index (χ2v) is 11.3. The molecule has 0 aliphatic carbocycles. The van der Waals surface area contributed by atoms with Crippen molar-refractivity contribution in [3.05, 3.63) is 70.6 Å². The fourth-order valence-electron chi connectivity index (χ4n) is 4.34. The van der Waals surface area contributed by atoms with Gasteiger partial charge in [-0.15, -0.1) is 5.10 Å². The first-order valence-electron chi connectivity index (χ1n) is 10.2. The highest BCUT2D eigenvalue weighted by atomic mass is 79.9. The van der Waals surface area contributed by atoms with Gasteiger partial charge >= 0.3 is 0 Å². The summed E-state index contributed by atoms with van der Waals surface area (Å²) in [5.74, 6) is -0.0906. The Kier molecular flexibility index (Phi) is 7.28. The van der Waals surface area contributed by atoms with Crippen LogP contribution in [0.3, 0.4) is 0 Å². The molecule has 4 N–H and O–H groups in total. The van der Waals surface area contributed by atoms with Crippen LogP contribution in [0.1, 0.15) is 16.9 Å². The highest BCUT2D eigenvalue weighted by Crippen LogP contribution is 2.54. The van der Waals surface area contributed by atoms with E-state index >= 15 is 0 Å². The summed E-state index contributed by atoms with van der Waals surface area (Å²) < 4.78 is 15.8. The van der Waals surface area contributed by atoms with E-state index in [-0.39, 0.29) is 18.5 Å². The molecule has 1 aromatic heterocycles.